The molecule has 0 saturated carbocycles. The van der Waals surface area contributed by atoms with Gasteiger partial charge >= 0.3 is 5.97 Å². The van der Waals surface area contributed by atoms with E-state index in [0.717, 1.165) is 12.8 Å². The van der Waals surface area contributed by atoms with Crippen molar-refractivity contribution in [1.82, 2.24) is 0 Å². The highest BCUT2D eigenvalue weighted by Crippen LogP contribution is 2.10. The van der Waals surface area contributed by atoms with E-state index in [1.165, 1.54) is 64.9 Å². The van der Waals surface area contributed by atoms with Gasteiger partial charge in [0.15, 0.2) is 0 Å². The van der Waals surface area contributed by atoms with Crippen LogP contribution < -0.4 is 0 Å². The summed E-state index contributed by atoms with van der Waals surface area (Å²) in [4.78, 5) is 10.9. The molecule has 0 unspecified atom stereocenters. The summed E-state index contributed by atoms with van der Waals surface area (Å²) < 4.78 is 4.59. The summed E-state index contributed by atoms with van der Waals surface area (Å²) in [5.74, 6) is -0.100. The first-order chi connectivity index (χ1) is 9.31. The number of esters is 1. The molecule has 0 aromatic heterocycles. The van der Waals surface area contributed by atoms with Crippen molar-refractivity contribution < 1.29 is 9.53 Å². The van der Waals surface area contributed by atoms with Crippen LogP contribution in [0.25, 0.3) is 0 Å². The molecule has 0 bridgehead atoms. The van der Waals surface area contributed by atoms with Crippen molar-refractivity contribution in [2.24, 2.45) is 0 Å². The highest BCUT2D eigenvalue weighted by molar-refractivity contribution is 5.68. The van der Waals surface area contributed by atoms with Gasteiger partial charge in [0.25, 0.3) is 0 Å². The van der Waals surface area contributed by atoms with E-state index in [0.29, 0.717) is 6.42 Å². The van der Waals surface area contributed by atoms with E-state index in [-0.39, 0.29) is 5.97 Å². The molecule has 0 radical (unpaired) electrons. The zero-order valence-electron chi connectivity index (χ0n) is 13.0. The molecule has 2 nitrogen and oxygen atoms in total. The van der Waals surface area contributed by atoms with Gasteiger partial charge in [0.05, 0.1) is 7.11 Å². The summed E-state index contributed by atoms with van der Waals surface area (Å²) in [5, 5.41) is 0. The first-order valence-electron chi connectivity index (χ1n) is 8.03. The van der Waals surface area contributed by atoms with E-state index in [4.69, 9.17) is 0 Å². The Labute approximate surface area is 119 Å². The SMILES string of the molecule is CCCCCCCCCC/C=C/CCCC(=O)OC. The number of hydrogen-bond acceptors (Lipinski definition) is 2. The maximum atomic E-state index is 10.9. The van der Waals surface area contributed by atoms with E-state index < -0.39 is 0 Å². The summed E-state index contributed by atoms with van der Waals surface area (Å²) in [6, 6.07) is 0. The normalized spacial score (nSPS) is 11.1. The van der Waals surface area contributed by atoms with Crippen LogP contribution in [0.4, 0.5) is 0 Å². The standard InChI is InChI=1S/C17H32O2/c1-3-4-5-6-7-8-9-10-11-12-13-14-15-16-17(18)19-2/h12-13H,3-11,14-16H2,1-2H3/b13-12+. The Hall–Kier alpha value is -0.790. The van der Waals surface area contributed by atoms with Gasteiger partial charge in [-0.1, -0.05) is 64.0 Å². The van der Waals surface area contributed by atoms with Crippen LogP contribution in [0.1, 0.15) is 84.0 Å². The van der Waals surface area contributed by atoms with Crippen molar-refractivity contribution in [3.05, 3.63) is 12.2 Å². The molecule has 0 amide bonds. The summed E-state index contributed by atoms with van der Waals surface area (Å²) in [5.41, 5.74) is 0. The zero-order valence-corrected chi connectivity index (χ0v) is 13.0. The lowest BCUT2D eigenvalue weighted by atomic mass is 10.1. The van der Waals surface area contributed by atoms with Gasteiger partial charge in [-0.15, -0.1) is 0 Å². The monoisotopic (exact) mass is 268 g/mol. The van der Waals surface area contributed by atoms with Crippen LogP contribution in [0.5, 0.6) is 0 Å². The number of carbonyl (C=O) groups is 1. The van der Waals surface area contributed by atoms with Crippen LogP contribution in [0.2, 0.25) is 0 Å². The topological polar surface area (TPSA) is 26.3 Å². The minimum atomic E-state index is -0.100. The van der Waals surface area contributed by atoms with Gasteiger partial charge in [0.1, 0.15) is 0 Å². The molecule has 112 valence electrons. The van der Waals surface area contributed by atoms with Gasteiger partial charge in [0.2, 0.25) is 0 Å². The van der Waals surface area contributed by atoms with Crippen molar-refractivity contribution in [1.29, 1.82) is 0 Å². The molecule has 0 spiro atoms. The number of carbonyl (C=O) groups excluding carboxylic acids is 1. The Morgan fingerprint density at radius 2 is 1.37 bits per heavy atom. The Bertz CT molecular complexity index is 221. The molecule has 0 atom stereocenters. The van der Waals surface area contributed by atoms with Gasteiger partial charge < -0.3 is 4.74 Å². The fourth-order valence-corrected chi connectivity index (χ4v) is 2.10. The van der Waals surface area contributed by atoms with Crippen molar-refractivity contribution in [3.8, 4) is 0 Å². The number of ether oxygens (including phenoxy) is 1. The maximum absolute atomic E-state index is 10.9. The number of allylic oxidation sites excluding steroid dienone is 2. The Kier molecular flexibility index (Phi) is 14.6. The van der Waals surface area contributed by atoms with Crippen LogP contribution >= 0.6 is 0 Å². The second-order valence-electron chi connectivity index (χ2n) is 5.20. The minimum Gasteiger partial charge on any atom is -0.469 e. The minimum absolute atomic E-state index is 0.100. The number of rotatable bonds is 13. The molecule has 0 heterocycles. The number of unbranched alkanes of at least 4 members (excludes halogenated alkanes) is 9. The van der Waals surface area contributed by atoms with Crippen molar-refractivity contribution in [3.63, 3.8) is 0 Å². The lowest BCUT2D eigenvalue weighted by Crippen LogP contribution is -1.98. The third-order valence-electron chi connectivity index (χ3n) is 3.37. The molecule has 0 aliphatic rings. The molecule has 2 heteroatoms. The second-order valence-corrected chi connectivity index (χ2v) is 5.20. The molecule has 19 heavy (non-hydrogen) atoms. The lowest BCUT2D eigenvalue weighted by Gasteiger charge is -2.00. The van der Waals surface area contributed by atoms with Crippen molar-refractivity contribution in [2.45, 2.75) is 84.0 Å². The Balaban J connectivity index is 3.10. The number of methoxy groups -OCH3 is 1. The van der Waals surface area contributed by atoms with E-state index in [1.54, 1.807) is 0 Å². The Morgan fingerprint density at radius 1 is 0.842 bits per heavy atom. The highest BCUT2D eigenvalue weighted by Gasteiger charge is 1.96. The molecule has 0 aromatic carbocycles. The van der Waals surface area contributed by atoms with Gasteiger partial charge in [-0.05, 0) is 25.7 Å². The molecular formula is C17H32O2. The molecule has 0 aliphatic heterocycles. The molecule has 0 rings (SSSR count). The average molecular weight is 268 g/mol. The van der Waals surface area contributed by atoms with E-state index in [9.17, 15) is 4.79 Å². The third-order valence-corrected chi connectivity index (χ3v) is 3.37. The molecule has 0 saturated heterocycles. The summed E-state index contributed by atoms with van der Waals surface area (Å²) in [6.07, 6.45) is 19.1. The molecule has 0 N–H and O–H groups in total. The fourth-order valence-electron chi connectivity index (χ4n) is 2.10. The highest BCUT2D eigenvalue weighted by atomic mass is 16.5. The molecule has 0 fully saturated rings. The fraction of sp³-hybridized carbons (Fsp3) is 0.824. The quantitative estimate of drug-likeness (QED) is 0.253. The van der Waals surface area contributed by atoms with Crippen LogP contribution in [0, 0.1) is 0 Å². The van der Waals surface area contributed by atoms with Crippen molar-refractivity contribution >= 4 is 5.97 Å². The molecular weight excluding hydrogens is 236 g/mol. The first kappa shape index (κ1) is 18.2. The predicted molar refractivity (Wildman–Crippen MR) is 82.2 cm³/mol. The Morgan fingerprint density at radius 3 is 1.95 bits per heavy atom. The third kappa shape index (κ3) is 15.2. The van der Waals surface area contributed by atoms with Crippen molar-refractivity contribution in [2.75, 3.05) is 7.11 Å². The lowest BCUT2D eigenvalue weighted by molar-refractivity contribution is -0.140. The van der Waals surface area contributed by atoms with E-state index >= 15 is 0 Å². The average Bonchev–Trinajstić information content (AvgIpc) is 2.43. The smallest absolute Gasteiger partial charge is 0.305 e. The predicted octanol–water partition coefficient (Wildman–Crippen LogP) is 5.42. The van der Waals surface area contributed by atoms with Crippen LogP contribution in [-0.2, 0) is 9.53 Å². The molecule has 0 aliphatic carbocycles. The van der Waals surface area contributed by atoms with Crippen LogP contribution in [0.15, 0.2) is 12.2 Å². The maximum Gasteiger partial charge on any atom is 0.305 e. The van der Waals surface area contributed by atoms with Gasteiger partial charge in [-0.25, -0.2) is 0 Å². The summed E-state index contributed by atoms with van der Waals surface area (Å²) in [6.45, 7) is 2.26. The largest absolute Gasteiger partial charge is 0.469 e. The van der Waals surface area contributed by atoms with Gasteiger partial charge in [-0.3, -0.25) is 4.79 Å². The zero-order chi connectivity index (χ0) is 14.2. The van der Waals surface area contributed by atoms with Crippen LogP contribution in [-0.4, -0.2) is 13.1 Å². The number of hydrogen-bond donors (Lipinski definition) is 0. The van der Waals surface area contributed by atoms with E-state index in [2.05, 4.69) is 23.8 Å². The van der Waals surface area contributed by atoms with Crippen LogP contribution in [0.3, 0.4) is 0 Å². The first-order valence-corrected chi connectivity index (χ1v) is 8.03. The van der Waals surface area contributed by atoms with Gasteiger partial charge in [-0.2, -0.15) is 0 Å². The van der Waals surface area contributed by atoms with Gasteiger partial charge in [0, 0.05) is 6.42 Å². The second kappa shape index (κ2) is 15.3. The van der Waals surface area contributed by atoms with E-state index in [1.807, 2.05) is 0 Å². The molecule has 0 aromatic rings. The summed E-state index contributed by atoms with van der Waals surface area (Å²) in [7, 11) is 1.44. The summed E-state index contributed by atoms with van der Waals surface area (Å²) >= 11 is 0.